The third kappa shape index (κ3) is 1.88. The van der Waals surface area contributed by atoms with Gasteiger partial charge in [0.15, 0.2) is 0 Å². The molecule has 2 atom stereocenters. The fraction of sp³-hybridized carbons (Fsp3) is 0.867. The Bertz CT molecular complexity index is 253. The molecule has 0 saturated heterocycles. The number of allylic oxidation sites excluding steroid dienone is 2. The van der Waals surface area contributed by atoms with Crippen molar-refractivity contribution >= 4 is 0 Å². The zero-order valence-electron chi connectivity index (χ0n) is 9.93. The average Bonchev–Trinajstić information content (AvgIpc) is 2.78. The summed E-state index contributed by atoms with van der Waals surface area (Å²) in [5.41, 5.74) is 3.88. The van der Waals surface area contributed by atoms with Crippen molar-refractivity contribution in [3.63, 3.8) is 0 Å². The Morgan fingerprint density at radius 3 is 2.33 bits per heavy atom. The van der Waals surface area contributed by atoms with Gasteiger partial charge in [0, 0.05) is 0 Å². The third-order valence-electron chi connectivity index (χ3n) is 5.04. The summed E-state index contributed by atoms with van der Waals surface area (Å²) < 4.78 is 0. The molecule has 0 nitrogen and oxygen atoms in total. The van der Waals surface area contributed by atoms with Crippen molar-refractivity contribution < 1.29 is 0 Å². The Hall–Kier alpha value is -0.260. The topological polar surface area (TPSA) is 0 Å². The van der Waals surface area contributed by atoms with E-state index >= 15 is 0 Å². The lowest BCUT2D eigenvalue weighted by atomic mass is 9.74. The molecule has 0 aromatic heterocycles. The van der Waals surface area contributed by atoms with Crippen LogP contribution in [0.1, 0.15) is 70.6 Å². The van der Waals surface area contributed by atoms with Crippen molar-refractivity contribution in [2.24, 2.45) is 11.8 Å². The molecule has 0 heteroatoms. The summed E-state index contributed by atoms with van der Waals surface area (Å²) >= 11 is 0. The van der Waals surface area contributed by atoms with Crippen LogP contribution < -0.4 is 0 Å². The average molecular weight is 204 g/mol. The van der Waals surface area contributed by atoms with E-state index in [0.717, 1.165) is 11.8 Å². The summed E-state index contributed by atoms with van der Waals surface area (Å²) in [4.78, 5) is 0. The van der Waals surface area contributed by atoms with Gasteiger partial charge in [-0.25, -0.2) is 0 Å². The molecule has 3 aliphatic rings. The summed E-state index contributed by atoms with van der Waals surface area (Å²) in [6.07, 6.45) is 16.5. The normalized spacial score (nSPS) is 36.8. The van der Waals surface area contributed by atoms with Gasteiger partial charge in [-0.2, -0.15) is 0 Å². The van der Waals surface area contributed by atoms with Gasteiger partial charge in [0.1, 0.15) is 0 Å². The molecule has 0 aromatic carbocycles. The van der Waals surface area contributed by atoms with Crippen LogP contribution in [0.15, 0.2) is 11.1 Å². The number of fused-ring (bicyclic) bond motifs is 1. The minimum absolute atomic E-state index is 1.05. The molecule has 3 rings (SSSR count). The fourth-order valence-electron chi connectivity index (χ4n) is 4.32. The van der Waals surface area contributed by atoms with Crippen LogP contribution in [-0.2, 0) is 0 Å². The van der Waals surface area contributed by atoms with E-state index in [2.05, 4.69) is 0 Å². The standard InChI is InChI=1S/C15H24/c1-2-6-12(7-3-1)14-10-4-8-13-9-5-11-15(13)14/h13,15H,1-11H2. The second-order valence-corrected chi connectivity index (χ2v) is 5.88. The minimum atomic E-state index is 1.05. The molecule has 3 fully saturated rings. The van der Waals surface area contributed by atoms with Crippen LogP contribution in [0.3, 0.4) is 0 Å². The predicted molar refractivity (Wildman–Crippen MR) is 64.8 cm³/mol. The van der Waals surface area contributed by atoms with Crippen LogP contribution in [0.4, 0.5) is 0 Å². The van der Waals surface area contributed by atoms with Gasteiger partial charge in [0.2, 0.25) is 0 Å². The molecule has 0 aliphatic heterocycles. The number of hydrogen-bond acceptors (Lipinski definition) is 0. The van der Waals surface area contributed by atoms with Gasteiger partial charge in [-0.1, -0.05) is 24.0 Å². The fourth-order valence-corrected chi connectivity index (χ4v) is 4.32. The van der Waals surface area contributed by atoms with E-state index in [4.69, 9.17) is 0 Å². The van der Waals surface area contributed by atoms with Crippen molar-refractivity contribution in [1.82, 2.24) is 0 Å². The second-order valence-electron chi connectivity index (χ2n) is 5.88. The largest absolute Gasteiger partial charge is 0.0707 e. The Labute approximate surface area is 94.1 Å². The summed E-state index contributed by atoms with van der Waals surface area (Å²) in [7, 11) is 0. The van der Waals surface area contributed by atoms with Gasteiger partial charge in [0.05, 0.1) is 0 Å². The Morgan fingerprint density at radius 1 is 0.667 bits per heavy atom. The first-order chi connectivity index (χ1) is 7.45. The predicted octanol–water partition coefficient (Wildman–Crippen LogP) is 4.85. The monoisotopic (exact) mass is 204 g/mol. The highest BCUT2D eigenvalue weighted by Gasteiger charge is 2.34. The smallest absolute Gasteiger partial charge is 0.0172 e. The molecule has 0 bridgehead atoms. The minimum Gasteiger partial charge on any atom is -0.0707 e. The van der Waals surface area contributed by atoms with Crippen LogP contribution in [0.5, 0.6) is 0 Å². The molecule has 84 valence electrons. The van der Waals surface area contributed by atoms with Crippen LogP contribution in [-0.4, -0.2) is 0 Å². The highest BCUT2D eigenvalue weighted by atomic mass is 14.4. The van der Waals surface area contributed by atoms with E-state index < -0.39 is 0 Å². The maximum atomic E-state index is 1.96. The highest BCUT2D eigenvalue weighted by molar-refractivity contribution is 5.22. The highest BCUT2D eigenvalue weighted by Crippen LogP contribution is 2.47. The van der Waals surface area contributed by atoms with Crippen molar-refractivity contribution in [3.8, 4) is 0 Å². The number of rotatable bonds is 0. The summed E-state index contributed by atoms with van der Waals surface area (Å²) in [5, 5.41) is 0. The van der Waals surface area contributed by atoms with Gasteiger partial charge in [-0.05, 0) is 69.6 Å². The summed E-state index contributed by atoms with van der Waals surface area (Å²) in [5.74, 6) is 2.15. The third-order valence-corrected chi connectivity index (χ3v) is 5.04. The molecule has 15 heavy (non-hydrogen) atoms. The maximum absolute atomic E-state index is 1.96. The van der Waals surface area contributed by atoms with Crippen LogP contribution >= 0.6 is 0 Å². The molecule has 0 spiro atoms. The van der Waals surface area contributed by atoms with Crippen LogP contribution in [0.25, 0.3) is 0 Å². The molecule has 0 radical (unpaired) electrons. The van der Waals surface area contributed by atoms with E-state index in [0.29, 0.717) is 0 Å². The zero-order valence-corrected chi connectivity index (χ0v) is 9.93. The van der Waals surface area contributed by atoms with Crippen molar-refractivity contribution in [1.29, 1.82) is 0 Å². The Balaban J connectivity index is 1.83. The first kappa shape index (κ1) is 9.93. The maximum Gasteiger partial charge on any atom is -0.0172 e. The molecule has 2 unspecified atom stereocenters. The second kappa shape index (κ2) is 4.31. The van der Waals surface area contributed by atoms with Gasteiger partial charge in [-0.15, -0.1) is 0 Å². The SMILES string of the molecule is C1CCC(=C2CCCC3CCCC23)CC1. The van der Waals surface area contributed by atoms with Gasteiger partial charge < -0.3 is 0 Å². The first-order valence-corrected chi connectivity index (χ1v) is 7.16. The van der Waals surface area contributed by atoms with Crippen LogP contribution in [0, 0.1) is 11.8 Å². The molecular weight excluding hydrogens is 180 g/mol. The lowest BCUT2D eigenvalue weighted by Crippen LogP contribution is -2.18. The molecule has 3 saturated carbocycles. The molecule has 0 heterocycles. The van der Waals surface area contributed by atoms with E-state index in [1.165, 1.54) is 57.8 Å². The van der Waals surface area contributed by atoms with E-state index in [1.807, 2.05) is 11.1 Å². The molecule has 0 aromatic rings. The van der Waals surface area contributed by atoms with Crippen molar-refractivity contribution in [2.45, 2.75) is 70.6 Å². The van der Waals surface area contributed by atoms with E-state index in [9.17, 15) is 0 Å². The molecule has 3 aliphatic carbocycles. The van der Waals surface area contributed by atoms with Crippen molar-refractivity contribution in [3.05, 3.63) is 11.1 Å². The molecule has 0 amide bonds. The molecule has 0 N–H and O–H groups in total. The van der Waals surface area contributed by atoms with E-state index in [-0.39, 0.29) is 0 Å². The Morgan fingerprint density at radius 2 is 1.47 bits per heavy atom. The zero-order chi connectivity index (χ0) is 10.1. The van der Waals surface area contributed by atoms with Gasteiger partial charge >= 0.3 is 0 Å². The lowest BCUT2D eigenvalue weighted by Gasteiger charge is -2.32. The quantitative estimate of drug-likeness (QED) is 0.495. The van der Waals surface area contributed by atoms with Crippen molar-refractivity contribution in [2.75, 3.05) is 0 Å². The van der Waals surface area contributed by atoms with Crippen LogP contribution in [0.2, 0.25) is 0 Å². The molecular formula is C15H24. The first-order valence-electron chi connectivity index (χ1n) is 7.16. The summed E-state index contributed by atoms with van der Waals surface area (Å²) in [6, 6.07) is 0. The van der Waals surface area contributed by atoms with Gasteiger partial charge in [0.25, 0.3) is 0 Å². The lowest BCUT2D eigenvalue weighted by molar-refractivity contribution is 0.342. The Kier molecular flexibility index (Phi) is 2.86. The number of hydrogen-bond donors (Lipinski definition) is 0. The summed E-state index contributed by atoms with van der Waals surface area (Å²) in [6.45, 7) is 0. The van der Waals surface area contributed by atoms with Gasteiger partial charge in [-0.3, -0.25) is 0 Å². The van der Waals surface area contributed by atoms with E-state index in [1.54, 1.807) is 12.8 Å².